The largest absolute Gasteiger partial charge is 0.497 e. The summed E-state index contributed by atoms with van der Waals surface area (Å²) in [6.07, 6.45) is -4.95. The van der Waals surface area contributed by atoms with Gasteiger partial charge in [-0.2, -0.15) is 23.4 Å². The van der Waals surface area contributed by atoms with Crippen molar-refractivity contribution in [3.05, 3.63) is 125 Å². The highest BCUT2D eigenvalue weighted by Gasteiger charge is 2.26. The van der Waals surface area contributed by atoms with E-state index in [2.05, 4.69) is 49.2 Å². The Kier molecular flexibility index (Phi) is 10.8. The maximum atomic E-state index is 12.2. The lowest BCUT2D eigenvalue weighted by atomic mass is 10.0. The highest BCUT2D eigenvalue weighted by atomic mass is 35.5. The second-order valence-electron chi connectivity index (χ2n) is 11.5. The molecular weight excluding hydrogens is 684 g/mol. The van der Waals surface area contributed by atoms with Crippen molar-refractivity contribution in [1.29, 1.82) is 0 Å². The van der Waals surface area contributed by atoms with Crippen LogP contribution in [0.15, 0.2) is 109 Å². The molecule has 0 fully saturated rings. The maximum absolute atomic E-state index is 12.2. The molecule has 5 aromatic carbocycles. The molecule has 0 amide bonds. The van der Waals surface area contributed by atoms with E-state index < -0.39 is 12.6 Å². The number of H-pyrrole nitrogens is 2. The van der Waals surface area contributed by atoms with Crippen molar-refractivity contribution in [3.63, 3.8) is 0 Å². The second-order valence-corrected chi connectivity index (χ2v) is 12.3. The Balaban J connectivity index is 0.000000174. The molecule has 0 spiro atoms. The lowest BCUT2D eigenvalue weighted by Gasteiger charge is -2.08. The number of methoxy groups -OCH3 is 1. The third-order valence-electron chi connectivity index (χ3n) is 8.02. The zero-order valence-electron chi connectivity index (χ0n) is 26.9. The van der Waals surface area contributed by atoms with Gasteiger partial charge in [-0.15, -0.1) is 0 Å². The highest BCUT2D eigenvalue weighted by molar-refractivity contribution is 6.34. The molecule has 4 N–H and O–H groups in total. The van der Waals surface area contributed by atoms with Gasteiger partial charge in [0.1, 0.15) is 5.75 Å². The zero-order chi connectivity index (χ0) is 35.1. The molecule has 7 nitrogen and oxygen atoms in total. The predicted octanol–water partition coefficient (Wildman–Crippen LogP) is 11.1. The van der Waals surface area contributed by atoms with Crippen LogP contribution in [-0.2, 0) is 6.54 Å². The summed E-state index contributed by atoms with van der Waals surface area (Å²) in [6.45, 7) is 0.871. The number of alkyl halides is 3. The fraction of sp³-hybridized carbons (Fsp3) is 0.158. The van der Waals surface area contributed by atoms with Gasteiger partial charge >= 0.3 is 6.18 Å². The van der Waals surface area contributed by atoms with Gasteiger partial charge in [-0.3, -0.25) is 10.2 Å². The summed E-state index contributed by atoms with van der Waals surface area (Å²) in [5, 5.41) is 23.9. The molecule has 0 aliphatic rings. The van der Waals surface area contributed by atoms with Crippen molar-refractivity contribution in [2.75, 3.05) is 24.3 Å². The Morgan fingerprint density at radius 1 is 0.680 bits per heavy atom. The number of nitrogens with one attached hydrogen (secondary N) is 4. The molecule has 7 rings (SSSR count). The first-order chi connectivity index (χ1) is 24.2. The van der Waals surface area contributed by atoms with Gasteiger partial charge in [0, 0.05) is 41.4 Å². The van der Waals surface area contributed by atoms with E-state index in [1.165, 1.54) is 0 Å². The SMILES string of the molecule is COc1ccc(CNc2n[nH]c3cc(Cl)c(-c4ccccc4)cc23)cc1.FC(F)(F)CCCNc1n[nH]c2cc(Cl)c(-c3ccccc3)cc12. The molecule has 256 valence electrons. The highest BCUT2D eigenvalue weighted by Crippen LogP contribution is 2.35. The smallest absolute Gasteiger partial charge is 0.389 e. The fourth-order valence-corrected chi connectivity index (χ4v) is 5.99. The van der Waals surface area contributed by atoms with Crippen molar-refractivity contribution in [2.24, 2.45) is 0 Å². The molecule has 7 aromatic rings. The standard InChI is InChI=1S/C21H18ClN3O.C17H15ClF3N3/c1-26-16-9-7-14(8-10-16)13-23-21-18-11-17(15-5-3-2-4-6-15)19(22)12-20(18)24-25-21;18-14-10-15-13(9-12(14)11-5-2-1-3-6-11)16(24-23-15)22-8-4-7-17(19,20)21/h2-12H,13H2,1H3,(H2,23,24,25);1-3,5-6,9-10H,4,7-8H2,(H2,22,23,24). The van der Waals surface area contributed by atoms with Crippen LogP contribution in [0.1, 0.15) is 18.4 Å². The number of anilines is 2. The van der Waals surface area contributed by atoms with Crippen LogP contribution in [0.2, 0.25) is 10.0 Å². The monoisotopic (exact) mass is 716 g/mol. The predicted molar refractivity (Wildman–Crippen MR) is 197 cm³/mol. The summed E-state index contributed by atoms with van der Waals surface area (Å²) < 4.78 is 41.8. The Morgan fingerprint density at radius 3 is 1.66 bits per heavy atom. The number of nitrogens with zero attached hydrogens (tertiary/aromatic N) is 2. The third-order valence-corrected chi connectivity index (χ3v) is 8.64. The number of rotatable bonds is 10. The van der Waals surface area contributed by atoms with E-state index >= 15 is 0 Å². The molecule has 12 heteroatoms. The van der Waals surface area contributed by atoms with E-state index in [4.69, 9.17) is 27.9 Å². The van der Waals surface area contributed by atoms with E-state index in [9.17, 15) is 13.2 Å². The van der Waals surface area contributed by atoms with Crippen molar-refractivity contribution in [1.82, 2.24) is 20.4 Å². The number of halogens is 5. The van der Waals surface area contributed by atoms with Crippen LogP contribution < -0.4 is 15.4 Å². The number of hydrogen-bond donors (Lipinski definition) is 4. The first-order valence-corrected chi connectivity index (χ1v) is 16.6. The average molecular weight is 718 g/mol. The van der Waals surface area contributed by atoms with Crippen LogP contribution in [0.4, 0.5) is 24.8 Å². The molecule has 0 unspecified atom stereocenters. The molecule has 0 bridgehead atoms. The quantitative estimate of drug-likeness (QED) is 0.106. The molecule has 0 atom stereocenters. The number of ether oxygens (including phenoxy) is 1. The van der Waals surface area contributed by atoms with Gasteiger partial charge < -0.3 is 15.4 Å². The van der Waals surface area contributed by atoms with Crippen molar-refractivity contribution < 1.29 is 17.9 Å². The van der Waals surface area contributed by atoms with E-state index in [1.807, 2.05) is 84.9 Å². The molecule has 2 aromatic heterocycles. The summed E-state index contributed by atoms with van der Waals surface area (Å²) in [5.41, 5.74) is 6.69. The van der Waals surface area contributed by atoms with Gasteiger partial charge in [-0.25, -0.2) is 0 Å². The van der Waals surface area contributed by atoms with Gasteiger partial charge in [-0.05, 0) is 59.5 Å². The molecule has 2 heterocycles. The second kappa shape index (κ2) is 15.6. The lowest BCUT2D eigenvalue weighted by molar-refractivity contribution is -0.134. The molecule has 0 radical (unpaired) electrons. The van der Waals surface area contributed by atoms with Gasteiger partial charge in [0.05, 0.1) is 28.2 Å². The van der Waals surface area contributed by atoms with Crippen LogP contribution in [0.5, 0.6) is 5.75 Å². The summed E-state index contributed by atoms with van der Waals surface area (Å²) in [6, 6.07) is 35.4. The Hall–Kier alpha value is -5.19. The Labute approximate surface area is 296 Å². The van der Waals surface area contributed by atoms with Gasteiger partial charge in [0.25, 0.3) is 0 Å². The number of fused-ring (bicyclic) bond motifs is 2. The minimum Gasteiger partial charge on any atom is -0.497 e. The number of aromatic nitrogens is 4. The molecule has 50 heavy (non-hydrogen) atoms. The van der Waals surface area contributed by atoms with Crippen molar-refractivity contribution in [2.45, 2.75) is 25.6 Å². The average Bonchev–Trinajstić information content (AvgIpc) is 3.71. The summed E-state index contributed by atoms with van der Waals surface area (Å²) in [5.74, 6) is 2.19. The van der Waals surface area contributed by atoms with Crippen molar-refractivity contribution in [3.8, 4) is 28.0 Å². The van der Waals surface area contributed by atoms with E-state index in [1.54, 1.807) is 13.2 Å². The van der Waals surface area contributed by atoms with E-state index in [0.717, 1.165) is 61.2 Å². The molecule has 0 aliphatic heterocycles. The third kappa shape index (κ3) is 8.50. The van der Waals surface area contributed by atoms with Crippen LogP contribution in [0.25, 0.3) is 44.1 Å². The Bertz CT molecular complexity index is 2170. The van der Waals surface area contributed by atoms with Gasteiger partial charge in [-0.1, -0.05) is 96.0 Å². The Morgan fingerprint density at radius 2 is 1.18 bits per heavy atom. The van der Waals surface area contributed by atoms with Crippen LogP contribution >= 0.6 is 23.2 Å². The minimum absolute atomic E-state index is 0.00299. The minimum atomic E-state index is -4.14. The molecule has 0 saturated carbocycles. The first-order valence-electron chi connectivity index (χ1n) is 15.8. The molecule has 0 saturated heterocycles. The molecular formula is C38H33Cl2F3N6O. The normalized spacial score (nSPS) is 11.3. The van der Waals surface area contributed by atoms with Crippen molar-refractivity contribution >= 4 is 56.6 Å². The maximum Gasteiger partial charge on any atom is 0.389 e. The summed E-state index contributed by atoms with van der Waals surface area (Å²) in [4.78, 5) is 0. The first kappa shape index (κ1) is 34.7. The van der Waals surface area contributed by atoms with E-state index in [0.29, 0.717) is 22.4 Å². The fourth-order valence-electron chi connectivity index (χ4n) is 5.45. The van der Waals surface area contributed by atoms with Crippen LogP contribution in [0.3, 0.4) is 0 Å². The number of hydrogen-bond acceptors (Lipinski definition) is 5. The van der Waals surface area contributed by atoms with Crippen LogP contribution in [-0.4, -0.2) is 40.2 Å². The lowest BCUT2D eigenvalue weighted by Crippen LogP contribution is -2.11. The van der Waals surface area contributed by atoms with Gasteiger partial charge in [0.2, 0.25) is 0 Å². The van der Waals surface area contributed by atoms with Crippen LogP contribution in [0, 0.1) is 0 Å². The zero-order valence-corrected chi connectivity index (χ0v) is 28.4. The van der Waals surface area contributed by atoms with Gasteiger partial charge in [0.15, 0.2) is 11.6 Å². The number of benzene rings is 5. The number of aromatic amines is 2. The molecule has 0 aliphatic carbocycles. The summed E-state index contributed by atoms with van der Waals surface area (Å²) >= 11 is 12.8. The summed E-state index contributed by atoms with van der Waals surface area (Å²) in [7, 11) is 1.67. The topological polar surface area (TPSA) is 90.7 Å². The van der Waals surface area contributed by atoms with E-state index in [-0.39, 0.29) is 13.0 Å².